The van der Waals surface area contributed by atoms with Crippen molar-refractivity contribution in [2.24, 2.45) is 0 Å². The molecular weight excluding hydrogens is 434 g/mol. The Labute approximate surface area is 202 Å². The van der Waals surface area contributed by atoms with Crippen molar-refractivity contribution in [3.05, 3.63) is 17.5 Å². The topological polar surface area (TPSA) is 103 Å². The molecule has 0 radical (unpaired) electrons. The van der Waals surface area contributed by atoms with E-state index in [1.54, 1.807) is 14.0 Å². The molecule has 3 heterocycles. The van der Waals surface area contributed by atoms with Crippen LogP contribution in [0.5, 0.6) is 0 Å². The van der Waals surface area contributed by atoms with Gasteiger partial charge in [-0.05, 0) is 26.3 Å². The van der Waals surface area contributed by atoms with E-state index in [1.807, 2.05) is 0 Å². The first-order valence-corrected chi connectivity index (χ1v) is 12.7. The summed E-state index contributed by atoms with van der Waals surface area (Å²) in [4.78, 5) is 45.3. The summed E-state index contributed by atoms with van der Waals surface area (Å²) in [6.45, 7) is 10.7. The van der Waals surface area contributed by atoms with E-state index in [1.165, 1.54) is 22.1 Å². The van der Waals surface area contributed by atoms with E-state index in [9.17, 15) is 14.4 Å². The van der Waals surface area contributed by atoms with Crippen LogP contribution in [0.4, 0.5) is 0 Å². The van der Waals surface area contributed by atoms with Gasteiger partial charge in [0.1, 0.15) is 11.2 Å². The van der Waals surface area contributed by atoms with Crippen molar-refractivity contribution in [3.8, 4) is 0 Å². The molecular formula is C24H39N7O3. The highest BCUT2D eigenvalue weighted by molar-refractivity contribution is 6.01. The lowest BCUT2D eigenvalue weighted by atomic mass is 9.92. The molecule has 1 saturated carbocycles. The number of nitrogens with zero attached hydrogens (tertiary/aromatic N) is 5. The molecule has 4 rings (SSSR count). The predicted octanol–water partition coefficient (Wildman–Crippen LogP) is 0.544. The first kappa shape index (κ1) is 24.7. The fourth-order valence-corrected chi connectivity index (χ4v) is 5.17. The van der Waals surface area contributed by atoms with E-state index < -0.39 is 5.54 Å². The van der Waals surface area contributed by atoms with Crippen LogP contribution in [0, 0.1) is 0 Å². The van der Waals surface area contributed by atoms with E-state index in [0.717, 1.165) is 65.0 Å². The average molecular weight is 474 g/mol. The minimum atomic E-state index is -1.05. The fourth-order valence-electron chi connectivity index (χ4n) is 5.17. The van der Waals surface area contributed by atoms with E-state index in [2.05, 4.69) is 32.5 Å². The number of piperazine rings is 1. The maximum atomic E-state index is 13.2. The Bertz CT molecular complexity index is 902. The lowest BCUT2D eigenvalue weighted by molar-refractivity contribution is -0.133. The molecule has 1 aromatic rings. The van der Waals surface area contributed by atoms with Crippen molar-refractivity contribution in [3.63, 3.8) is 0 Å². The summed E-state index contributed by atoms with van der Waals surface area (Å²) in [6, 6.07) is 1.69. The number of carbonyl (C=O) groups is 3. The fraction of sp³-hybridized carbons (Fsp3) is 0.750. The standard InChI is InChI=1S/C24H39N7O3/c1-4-29-12-14-30(15-13-29)11-10-25-21(32)19-16-20-22(33)28(3)24(2,17-31(20)27-19)23(34)26-18-8-6-5-7-9-18/h16,18H,4-15,17H2,1-3H3,(H,25,32)(H,26,34)/t24-/m0/s1. The molecule has 2 N–H and O–H groups in total. The molecule has 1 aliphatic carbocycles. The summed E-state index contributed by atoms with van der Waals surface area (Å²) in [5, 5.41) is 10.5. The first-order valence-electron chi connectivity index (χ1n) is 12.7. The Kier molecular flexibility index (Phi) is 7.57. The number of carbonyl (C=O) groups excluding carboxylic acids is 3. The third-order valence-corrected chi connectivity index (χ3v) is 7.79. The minimum absolute atomic E-state index is 0.159. The summed E-state index contributed by atoms with van der Waals surface area (Å²) in [6.07, 6.45) is 5.40. The maximum absolute atomic E-state index is 13.2. The van der Waals surface area contributed by atoms with Crippen molar-refractivity contribution < 1.29 is 14.4 Å². The van der Waals surface area contributed by atoms with E-state index in [0.29, 0.717) is 12.2 Å². The Morgan fingerprint density at radius 3 is 2.47 bits per heavy atom. The minimum Gasteiger partial charge on any atom is -0.351 e. The predicted molar refractivity (Wildman–Crippen MR) is 129 cm³/mol. The SMILES string of the molecule is CCN1CCN(CCNC(=O)c2cc3n(n2)C[C@@](C)(C(=O)NC2CCCCC2)N(C)C3=O)CC1. The molecule has 34 heavy (non-hydrogen) atoms. The molecule has 2 aliphatic heterocycles. The zero-order valence-electron chi connectivity index (χ0n) is 20.8. The van der Waals surface area contributed by atoms with Crippen molar-refractivity contribution in [1.82, 2.24) is 35.1 Å². The number of hydrogen-bond donors (Lipinski definition) is 2. The number of amides is 3. The highest BCUT2D eigenvalue weighted by Gasteiger charge is 2.46. The van der Waals surface area contributed by atoms with Crippen LogP contribution in [0.2, 0.25) is 0 Å². The second kappa shape index (κ2) is 10.4. The van der Waals surface area contributed by atoms with Gasteiger partial charge in [-0.15, -0.1) is 0 Å². The second-order valence-corrected chi connectivity index (χ2v) is 10.1. The number of rotatable bonds is 7. The molecule has 3 amide bonds. The zero-order chi connectivity index (χ0) is 24.3. The van der Waals surface area contributed by atoms with Gasteiger partial charge in [0.2, 0.25) is 5.91 Å². The van der Waals surface area contributed by atoms with Gasteiger partial charge in [-0.3, -0.25) is 24.0 Å². The summed E-state index contributed by atoms with van der Waals surface area (Å²) < 4.78 is 1.52. The van der Waals surface area contributed by atoms with Gasteiger partial charge in [0.05, 0.1) is 6.54 Å². The summed E-state index contributed by atoms with van der Waals surface area (Å²) in [5.41, 5.74) is -0.502. The molecule has 2 fully saturated rings. The van der Waals surface area contributed by atoms with Crippen LogP contribution in [0.1, 0.15) is 66.9 Å². The smallest absolute Gasteiger partial charge is 0.272 e. The molecule has 0 unspecified atom stereocenters. The van der Waals surface area contributed by atoms with Gasteiger partial charge in [0, 0.05) is 58.4 Å². The lowest BCUT2D eigenvalue weighted by Gasteiger charge is -2.41. The van der Waals surface area contributed by atoms with Gasteiger partial charge >= 0.3 is 0 Å². The van der Waals surface area contributed by atoms with E-state index >= 15 is 0 Å². The van der Waals surface area contributed by atoms with Gasteiger partial charge in [-0.1, -0.05) is 26.2 Å². The molecule has 188 valence electrons. The number of nitrogens with one attached hydrogen (secondary N) is 2. The van der Waals surface area contributed by atoms with Crippen LogP contribution in [0.3, 0.4) is 0 Å². The Balaban J connectivity index is 1.35. The number of aromatic nitrogens is 2. The Morgan fingerprint density at radius 2 is 1.79 bits per heavy atom. The maximum Gasteiger partial charge on any atom is 0.272 e. The van der Waals surface area contributed by atoms with Crippen LogP contribution in [0.25, 0.3) is 0 Å². The number of fused-ring (bicyclic) bond motifs is 1. The molecule has 1 atom stereocenters. The Hall–Kier alpha value is -2.46. The third kappa shape index (κ3) is 5.12. The molecule has 1 aromatic heterocycles. The third-order valence-electron chi connectivity index (χ3n) is 7.79. The van der Waals surface area contributed by atoms with Crippen molar-refractivity contribution >= 4 is 17.7 Å². The molecule has 0 spiro atoms. The molecule has 0 aromatic carbocycles. The molecule has 3 aliphatic rings. The van der Waals surface area contributed by atoms with Gasteiger partial charge in [-0.2, -0.15) is 5.10 Å². The van der Waals surface area contributed by atoms with Gasteiger partial charge in [0.15, 0.2) is 5.69 Å². The van der Waals surface area contributed by atoms with Crippen LogP contribution in [-0.4, -0.2) is 107 Å². The highest BCUT2D eigenvalue weighted by Crippen LogP contribution is 2.27. The first-order chi connectivity index (χ1) is 16.3. The van der Waals surface area contributed by atoms with Crippen LogP contribution in [0.15, 0.2) is 6.07 Å². The summed E-state index contributed by atoms with van der Waals surface area (Å²) in [7, 11) is 1.65. The second-order valence-electron chi connectivity index (χ2n) is 10.1. The Morgan fingerprint density at radius 1 is 1.12 bits per heavy atom. The highest BCUT2D eigenvalue weighted by atomic mass is 16.2. The van der Waals surface area contributed by atoms with Crippen LogP contribution < -0.4 is 10.6 Å². The lowest BCUT2D eigenvalue weighted by Crippen LogP contribution is -2.63. The van der Waals surface area contributed by atoms with Gasteiger partial charge < -0.3 is 20.4 Å². The normalized spacial score (nSPS) is 24.7. The van der Waals surface area contributed by atoms with E-state index in [4.69, 9.17) is 0 Å². The van der Waals surface area contributed by atoms with Gasteiger partial charge in [0.25, 0.3) is 11.8 Å². The molecule has 10 heteroatoms. The average Bonchev–Trinajstić information content (AvgIpc) is 3.27. The quantitative estimate of drug-likeness (QED) is 0.599. The van der Waals surface area contributed by atoms with Crippen LogP contribution >= 0.6 is 0 Å². The number of likely N-dealkylation sites (N-methyl/N-ethyl adjacent to an activating group) is 2. The van der Waals surface area contributed by atoms with Crippen molar-refractivity contribution in [1.29, 1.82) is 0 Å². The molecule has 0 bridgehead atoms. The van der Waals surface area contributed by atoms with Crippen molar-refractivity contribution in [2.45, 2.75) is 64.1 Å². The van der Waals surface area contributed by atoms with Crippen LogP contribution in [-0.2, 0) is 11.3 Å². The van der Waals surface area contributed by atoms with E-state index in [-0.39, 0.29) is 36.0 Å². The summed E-state index contributed by atoms with van der Waals surface area (Å²) in [5.74, 6) is -0.753. The van der Waals surface area contributed by atoms with Crippen molar-refractivity contribution in [2.75, 3.05) is 52.9 Å². The molecule has 1 saturated heterocycles. The van der Waals surface area contributed by atoms with Gasteiger partial charge in [-0.25, -0.2) is 0 Å². The monoisotopic (exact) mass is 473 g/mol. The largest absolute Gasteiger partial charge is 0.351 e. The summed E-state index contributed by atoms with van der Waals surface area (Å²) >= 11 is 0. The molecule has 10 nitrogen and oxygen atoms in total. The number of hydrogen-bond acceptors (Lipinski definition) is 6. The zero-order valence-corrected chi connectivity index (χ0v) is 20.8.